The summed E-state index contributed by atoms with van der Waals surface area (Å²) < 4.78 is 0. The Morgan fingerprint density at radius 1 is 1.26 bits per heavy atom. The summed E-state index contributed by atoms with van der Waals surface area (Å²) in [5.41, 5.74) is 3.37. The zero-order valence-corrected chi connectivity index (χ0v) is 10.9. The van der Waals surface area contributed by atoms with E-state index in [0.717, 1.165) is 16.7 Å². The highest BCUT2D eigenvalue weighted by Gasteiger charge is 2.04. The molecule has 0 aliphatic heterocycles. The maximum absolute atomic E-state index is 11.6. The van der Waals surface area contributed by atoms with E-state index in [0.29, 0.717) is 5.56 Å². The first-order valence-electron chi connectivity index (χ1n) is 5.95. The van der Waals surface area contributed by atoms with E-state index in [4.69, 9.17) is 0 Å². The van der Waals surface area contributed by atoms with Gasteiger partial charge in [0.25, 0.3) is 5.91 Å². The van der Waals surface area contributed by atoms with Crippen molar-refractivity contribution >= 4 is 5.91 Å². The molecule has 0 atom stereocenters. The fourth-order valence-corrected chi connectivity index (χ4v) is 1.62. The van der Waals surface area contributed by atoms with E-state index in [1.807, 2.05) is 25.1 Å². The first-order valence-corrected chi connectivity index (χ1v) is 5.95. The molecule has 0 saturated heterocycles. The molecule has 1 amide bonds. The standard InChI is InChI=1S/C16H14N2O/c1-12-5-7-15(16(19)17-2)10-14(12)8-6-13-4-3-9-18-11-13/h3-5,7,9-11H,1-2H3,(H,17,19). The molecule has 0 aliphatic carbocycles. The Hall–Kier alpha value is -2.60. The van der Waals surface area contributed by atoms with Gasteiger partial charge in [-0.05, 0) is 36.8 Å². The van der Waals surface area contributed by atoms with Crippen LogP contribution in [-0.2, 0) is 0 Å². The normalized spacial score (nSPS) is 9.37. The SMILES string of the molecule is CNC(=O)c1ccc(C)c(C#Cc2cccnc2)c1. The van der Waals surface area contributed by atoms with Crippen LogP contribution in [0.4, 0.5) is 0 Å². The van der Waals surface area contributed by atoms with Crippen LogP contribution in [0.25, 0.3) is 0 Å². The second kappa shape index (κ2) is 5.83. The highest BCUT2D eigenvalue weighted by Crippen LogP contribution is 2.10. The van der Waals surface area contributed by atoms with Gasteiger partial charge in [0, 0.05) is 36.1 Å². The van der Waals surface area contributed by atoms with E-state index in [9.17, 15) is 4.79 Å². The zero-order chi connectivity index (χ0) is 13.7. The van der Waals surface area contributed by atoms with Crippen LogP contribution in [0.15, 0.2) is 42.7 Å². The highest BCUT2D eigenvalue weighted by molar-refractivity contribution is 5.94. The van der Waals surface area contributed by atoms with Crippen molar-refractivity contribution in [2.24, 2.45) is 0 Å². The highest BCUT2D eigenvalue weighted by atomic mass is 16.1. The molecular formula is C16H14N2O. The van der Waals surface area contributed by atoms with Crippen molar-refractivity contribution in [3.05, 3.63) is 65.0 Å². The summed E-state index contributed by atoms with van der Waals surface area (Å²) >= 11 is 0. The summed E-state index contributed by atoms with van der Waals surface area (Å²) in [5, 5.41) is 2.60. The number of aryl methyl sites for hydroxylation is 1. The topological polar surface area (TPSA) is 42.0 Å². The molecule has 19 heavy (non-hydrogen) atoms. The molecule has 1 aromatic carbocycles. The number of amides is 1. The third kappa shape index (κ3) is 3.20. The Balaban J connectivity index is 2.35. The predicted octanol–water partition coefficient (Wildman–Crippen LogP) is 2.15. The molecule has 0 aliphatic rings. The van der Waals surface area contributed by atoms with Crippen LogP contribution < -0.4 is 5.32 Å². The van der Waals surface area contributed by atoms with E-state index in [2.05, 4.69) is 22.1 Å². The molecule has 3 nitrogen and oxygen atoms in total. The van der Waals surface area contributed by atoms with Gasteiger partial charge in [-0.15, -0.1) is 0 Å². The average molecular weight is 250 g/mol. The van der Waals surface area contributed by atoms with E-state index in [-0.39, 0.29) is 5.91 Å². The lowest BCUT2D eigenvalue weighted by molar-refractivity contribution is 0.0963. The fraction of sp³-hybridized carbons (Fsp3) is 0.125. The molecule has 2 aromatic rings. The van der Waals surface area contributed by atoms with E-state index < -0.39 is 0 Å². The van der Waals surface area contributed by atoms with Crippen LogP contribution in [-0.4, -0.2) is 17.9 Å². The van der Waals surface area contributed by atoms with Crippen molar-refractivity contribution in [1.29, 1.82) is 0 Å². The van der Waals surface area contributed by atoms with Crippen molar-refractivity contribution in [1.82, 2.24) is 10.3 Å². The minimum Gasteiger partial charge on any atom is -0.355 e. The Bertz CT molecular complexity index is 651. The van der Waals surface area contributed by atoms with Crippen molar-refractivity contribution < 1.29 is 4.79 Å². The number of nitrogens with zero attached hydrogens (tertiary/aromatic N) is 1. The quantitative estimate of drug-likeness (QED) is 0.788. The number of benzene rings is 1. The van der Waals surface area contributed by atoms with Gasteiger partial charge in [0.1, 0.15) is 0 Å². The molecule has 94 valence electrons. The monoisotopic (exact) mass is 250 g/mol. The van der Waals surface area contributed by atoms with Crippen LogP contribution in [0.1, 0.15) is 27.0 Å². The second-order valence-corrected chi connectivity index (χ2v) is 4.10. The number of carbonyl (C=O) groups excluding carboxylic acids is 1. The van der Waals surface area contributed by atoms with Crippen molar-refractivity contribution in [3.63, 3.8) is 0 Å². The molecule has 0 bridgehead atoms. The molecule has 1 N–H and O–H groups in total. The van der Waals surface area contributed by atoms with Crippen LogP contribution >= 0.6 is 0 Å². The zero-order valence-electron chi connectivity index (χ0n) is 10.9. The van der Waals surface area contributed by atoms with E-state index in [1.165, 1.54) is 0 Å². The van der Waals surface area contributed by atoms with Gasteiger partial charge < -0.3 is 5.32 Å². The van der Waals surface area contributed by atoms with Gasteiger partial charge in [0.2, 0.25) is 0 Å². The van der Waals surface area contributed by atoms with Gasteiger partial charge in [-0.2, -0.15) is 0 Å². The average Bonchev–Trinajstić information content (AvgIpc) is 2.46. The Labute approximate surface area is 112 Å². The summed E-state index contributed by atoms with van der Waals surface area (Å²) in [7, 11) is 1.61. The number of carbonyl (C=O) groups is 1. The van der Waals surface area contributed by atoms with Crippen LogP contribution in [0.3, 0.4) is 0 Å². The molecule has 1 aromatic heterocycles. The molecule has 0 spiro atoms. The molecule has 0 radical (unpaired) electrons. The molecule has 1 heterocycles. The van der Waals surface area contributed by atoms with E-state index in [1.54, 1.807) is 31.6 Å². The lowest BCUT2D eigenvalue weighted by atomic mass is 10.0. The summed E-state index contributed by atoms with van der Waals surface area (Å²) in [6.45, 7) is 1.97. The smallest absolute Gasteiger partial charge is 0.251 e. The lowest BCUT2D eigenvalue weighted by Gasteiger charge is -2.03. The molecule has 3 heteroatoms. The summed E-state index contributed by atoms with van der Waals surface area (Å²) in [6.07, 6.45) is 3.42. The molecule has 0 unspecified atom stereocenters. The molecule has 0 saturated carbocycles. The first-order chi connectivity index (χ1) is 9.20. The third-order valence-corrected chi connectivity index (χ3v) is 2.73. The summed E-state index contributed by atoms with van der Waals surface area (Å²) in [4.78, 5) is 15.6. The Morgan fingerprint density at radius 2 is 2.11 bits per heavy atom. The Morgan fingerprint density at radius 3 is 2.79 bits per heavy atom. The van der Waals surface area contributed by atoms with Gasteiger partial charge in [-0.3, -0.25) is 9.78 Å². The number of hydrogen-bond donors (Lipinski definition) is 1. The number of nitrogens with one attached hydrogen (secondary N) is 1. The maximum Gasteiger partial charge on any atom is 0.251 e. The second-order valence-electron chi connectivity index (χ2n) is 4.10. The first kappa shape index (κ1) is 12.8. The van der Waals surface area contributed by atoms with Gasteiger partial charge in [0.15, 0.2) is 0 Å². The molecule has 2 rings (SSSR count). The van der Waals surface area contributed by atoms with Crippen LogP contribution in [0.2, 0.25) is 0 Å². The van der Waals surface area contributed by atoms with Gasteiger partial charge in [-0.25, -0.2) is 0 Å². The van der Waals surface area contributed by atoms with Crippen LogP contribution in [0, 0.1) is 18.8 Å². The minimum atomic E-state index is -0.107. The third-order valence-electron chi connectivity index (χ3n) is 2.73. The van der Waals surface area contributed by atoms with Gasteiger partial charge in [-0.1, -0.05) is 17.9 Å². The molecular weight excluding hydrogens is 236 g/mol. The predicted molar refractivity (Wildman–Crippen MR) is 74.8 cm³/mol. The Kier molecular flexibility index (Phi) is 3.94. The number of aromatic nitrogens is 1. The summed E-state index contributed by atoms with van der Waals surface area (Å²) in [5.74, 6) is 6.01. The van der Waals surface area contributed by atoms with Crippen molar-refractivity contribution in [3.8, 4) is 11.8 Å². The number of rotatable bonds is 1. The molecule has 0 fully saturated rings. The minimum absolute atomic E-state index is 0.107. The fourth-order valence-electron chi connectivity index (χ4n) is 1.62. The summed E-state index contributed by atoms with van der Waals surface area (Å²) in [6, 6.07) is 9.24. The number of pyridine rings is 1. The largest absolute Gasteiger partial charge is 0.355 e. The van der Waals surface area contributed by atoms with Gasteiger partial charge in [0.05, 0.1) is 0 Å². The number of hydrogen-bond acceptors (Lipinski definition) is 2. The van der Waals surface area contributed by atoms with Crippen molar-refractivity contribution in [2.45, 2.75) is 6.92 Å². The van der Waals surface area contributed by atoms with E-state index >= 15 is 0 Å². The van der Waals surface area contributed by atoms with Crippen molar-refractivity contribution in [2.75, 3.05) is 7.05 Å². The maximum atomic E-state index is 11.6. The lowest BCUT2D eigenvalue weighted by Crippen LogP contribution is -2.17. The van der Waals surface area contributed by atoms with Crippen LogP contribution in [0.5, 0.6) is 0 Å². The van der Waals surface area contributed by atoms with Gasteiger partial charge >= 0.3 is 0 Å².